The number of nitrogens with zero attached hydrogens (tertiary/aromatic N) is 3. The van der Waals surface area contributed by atoms with Crippen molar-refractivity contribution in [3.63, 3.8) is 0 Å². The van der Waals surface area contributed by atoms with Crippen LogP contribution in [0.1, 0.15) is 22.7 Å². The quantitative estimate of drug-likeness (QED) is 0.851. The molecule has 2 aromatic rings. The smallest absolute Gasteiger partial charge is 0.246 e. The van der Waals surface area contributed by atoms with Crippen LogP contribution < -0.4 is 10.6 Å². The second-order valence-corrected chi connectivity index (χ2v) is 6.05. The Morgan fingerprint density at radius 2 is 2.13 bits per heavy atom. The van der Waals surface area contributed by atoms with Crippen molar-refractivity contribution < 1.29 is 4.79 Å². The zero-order valence-corrected chi connectivity index (χ0v) is 14.4. The van der Waals surface area contributed by atoms with Crippen LogP contribution in [0.4, 0.5) is 5.69 Å². The summed E-state index contributed by atoms with van der Waals surface area (Å²) in [5.74, 6) is -0.0920. The van der Waals surface area contributed by atoms with E-state index in [1.165, 1.54) is 5.56 Å². The largest absolute Gasteiger partial charge is 0.324 e. The highest BCUT2D eigenvalue weighted by molar-refractivity contribution is 5.96. The summed E-state index contributed by atoms with van der Waals surface area (Å²) in [7, 11) is 7.66. The Kier molecular flexibility index (Phi) is 5.52. The molecular formula is C17H25N5O. The summed E-state index contributed by atoms with van der Waals surface area (Å²) >= 11 is 0. The summed E-state index contributed by atoms with van der Waals surface area (Å²) in [5, 5.41) is 10.2. The molecule has 6 heteroatoms. The standard InChI is InChI=1S/C17H25N5O/c1-12-6-7-13(10-21(3)4)8-15(12)20-17(23)16(18-2)14-9-19-22(5)11-14/h6-9,11,16,18H,10H2,1-5H3,(H,20,23). The fourth-order valence-corrected chi connectivity index (χ4v) is 2.51. The molecule has 23 heavy (non-hydrogen) atoms. The van der Waals surface area contributed by atoms with Gasteiger partial charge in [0.25, 0.3) is 0 Å². The molecule has 0 saturated heterocycles. The molecule has 0 bridgehead atoms. The van der Waals surface area contributed by atoms with Crippen molar-refractivity contribution in [2.24, 2.45) is 7.05 Å². The number of likely N-dealkylation sites (N-methyl/N-ethyl adjacent to an activating group) is 1. The minimum atomic E-state index is -0.430. The van der Waals surface area contributed by atoms with Crippen molar-refractivity contribution in [1.29, 1.82) is 0 Å². The highest BCUT2D eigenvalue weighted by Gasteiger charge is 2.20. The molecular weight excluding hydrogens is 290 g/mol. The Morgan fingerprint density at radius 3 is 2.70 bits per heavy atom. The lowest BCUT2D eigenvalue weighted by Crippen LogP contribution is -2.30. The third-order valence-corrected chi connectivity index (χ3v) is 3.67. The number of aryl methyl sites for hydroxylation is 2. The van der Waals surface area contributed by atoms with Crippen LogP contribution in [0.15, 0.2) is 30.6 Å². The predicted molar refractivity (Wildman–Crippen MR) is 92.2 cm³/mol. The minimum Gasteiger partial charge on any atom is -0.324 e. The molecule has 1 atom stereocenters. The maximum atomic E-state index is 12.6. The van der Waals surface area contributed by atoms with Crippen LogP contribution in [0, 0.1) is 6.92 Å². The Balaban J connectivity index is 2.18. The lowest BCUT2D eigenvalue weighted by molar-refractivity contribution is -0.118. The topological polar surface area (TPSA) is 62.2 Å². The van der Waals surface area contributed by atoms with E-state index in [4.69, 9.17) is 0 Å². The first-order valence-electron chi connectivity index (χ1n) is 7.61. The van der Waals surface area contributed by atoms with E-state index in [9.17, 15) is 4.79 Å². The number of benzene rings is 1. The lowest BCUT2D eigenvalue weighted by Gasteiger charge is -2.17. The van der Waals surface area contributed by atoms with Crippen molar-refractivity contribution >= 4 is 11.6 Å². The number of carbonyl (C=O) groups excluding carboxylic acids is 1. The summed E-state index contributed by atoms with van der Waals surface area (Å²) < 4.78 is 1.69. The Morgan fingerprint density at radius 1 is 1.39 bits per heavy atom. The van der Waals surface area contributed by atoms with Crippen molar-refractivity contribution in [3.05, 3.63) is 47.3 Å². The van der Waals surface area contributed by atoms with Crippen molar-refractivity contribution in [3.8, 4) is 0 Å². The molecule has 2 rings (SSSR count). The van der Waals surface area contributed by atoms with Gasteiger partial charge in [0, 0.05) is 31.0 Å². The van der Waals surface area contributed by atoms with Crippen molar-refractivity contribution in [2.45, 2.75) is 19.5 Å². The van der Waals surface area contributed by atoms with Crippen LogP contribution in [-0.2, 0) is 18.4 Å². The predicted octanol–water partition coefficient (Wildman–Crippen LogP) is 1.69. The van der Waals surface area contributed by atoms with Gasteiger partial charge < -0.3 is 15.5 Å². The van der Waals surface area contributed by atoms with Gasteiger partial charge in [-0.05, 0) is 45.3 Å². The van der Waals surface area contributed by atoms with Crippen LogP contribution in [0.2, 0.25) is 0 Å². The van der Waals surface area contributed by atoms with Crippen LogP contribution in [0.25, 0.3) is 0 Å². The lowest BCUT2D eigenvalue weighted by atomic mass is 10.1. The van der Waals surface area contributed by atoms with Crippen LogP contribution in [-0.4, -0.2) is 41.7 Å². The minimum absolute atomic E-state index is 0.0920. The molecule has 124 valence electrons. The number of aromatic nitrogens is 2. The molecule has 0 radical (unpaired) electrons. The SMILES string of the molecule is CNC(C(=O)Nc1cc(CN(C)C)ccc1C)c1cnn(C)c1. The number of anilines is 1. The van der Waals surface area contributed by atoms with Gasteiger partial charge in [0.2, 0.25) is 5.91 Å². The van der Waals surface area contributed by atoms with Crippen LogP contribution >= 0.6 is 0 Å². The monoisotopic (exact) mass is 315 g/mol. The van der Waals surface area contributed by atoms with Crippen LogP contribution in [0.5, 0.6) is 0 Å². The highest BCUT2D eigenvalue weighted by Crippen LogP contribution is 2.20. The van der Waals surface area contributed by atoms with Gasteiger partial charge >= 0.3 is 0 Å². The van der Waals surface area contributed by atoms with E-state index in [2.05, 4.69) is 26.7 Å². The summed E-state index contributed by atoms with van der Waals surface area (Å²) in [6.07, 6.45) is 3.55. The van der Waals surface area contributed by atoms with E-state index in [1.54, 1.807) is 17.9 Å². The van der Waals surface area contributed by atoms with E-state index in [1.807, 2.05) is 46.4 Å². The van der Waals surface area contributed by atoms with Gasteiger partial charge in [-0.15, -0.1) is 0 Å². The third kappa shape index (κ3) is 4.40. The Bertz CT molecular complexity index is 677. The van der Waals surface area contributed by atoms with Gasteiger partial charge in [-0.3, -0.25) is 9.48 Å². The summed E-state index contributed by atoms with van der Waals surface area (Å²) in [5.41, 5.74) is 3.90. The normalized spacial score (nSPS) is 12.4. The molecule has 0 fully saturated rings. The molecule has 0 spiro atoms. The molecule has 1 unspecified atom stereocenters. The first-order chi connectivity index (χ1) is 10.9. The van der Waals surface area contributed by atoms with Gasteiger partial charge in [-0.1, -0.05) is 12.1 Å². The summed E-state index contributed by atoms with van der Waals surface area (Å²) in [6, 6.07) is 5.72. The molecule has 1 aromatic heterocycles. The number of nitrogens with one attached hydrogen (secondary N) is 2. The van der Waals surface area contributed by atoms with Gasteiger partial charge in [0.15, 0.2) is 0 Å². The number of hydrogen-bond acceptors (Lipinski definition) is 4. The van der Waals surface area contributed by atoms with E-state index in [0.717, 1.165) is 23.4 Å². The van der Waals surface area contributed by atoms with E-state index in [-0.39, 0.29) is 5.91 Å². The molecule has 0 aliphatic rings. The third-order valence-electron chi connectivity index (χ3n) is 3.67. The number of amides is 1. The molecule has 1 heterocycles. The second kappa shape index (κ2) is 7.39. The maximum absolute atomic E-state index is 12.6. The van der Waals surface area contributed by atoms with Gasteiger partial charge in [-0.25, -0.2) is 0 Å². The zero-order chi connectivity index (χ0) is 17.0. The second-order valence-electron chi connectivity index (χ2n) is 6.05. The average molecular weight is 315 g/mol. The summed E-state index contributed by atoms with van der Waals surface area (Å²) in [4.78, 5) is 14.7. The molecule has 1 aromatic carbocycles. The van der Waals surface area contributed by atoms with Gasteiger partial charge in [-0.2, -0.15) is 5.10 Å². The number of rotatable bonds is 6. The molecule has 0 aliphatic carbocycles. The summed E-state index contributed by atoms with van der Waals surface area (Å²) in [6.45, 7) is 2.83. The first-order valence-corrected chi connectivity index (χ1v) is 7.61. The number of hydrogen-bond donors (Lipinski definition) is 2. The van der Waals surface area contributed by atoms with Gasteiger partial charge in [0.05, 0.1) is 6.20 Å². The fourth-order valence-electron chi connectivity index (χ4n) is 2.51. The fraction of sp³-hybridized carbons (Fsp3) is 0.412. The molecule has 6 nitrogen and oxygen atoms in total. The Hall–Kier alpha value is -2.18. The van der Waals surface area contributed by atoms with Crippen molar-refractivity contribution in [1.82, 2.24) is 20.0 Å². The van der Waals surface area contributed by atoms with E-state index < -0.39 is 6.04 Å². The highest BCUT2D eigenvalue weighted by atomic mass is 16.2. The number of carbonyl (C=O) groups is 1. The van der Waals surface area contributed by atoms with E-state index >= 15 is 0 Å². The molecule has 2 N–H and O–H groups in total. The van der Waals surface area contributed by atoms with E-state index in [0.29, 0.717) is 0 Å². The first kappa shape index (κ1) is 17.2. The van der Waals surface area contributed by atoms with Crippen LogP contribution in [0.3, 0.4) is 0 Å². The average Bonchev–Trinajstić information content (AvgIpc) is 2.89. The maximum Gasteiger partial charge on any atom is 0.246 e. The molecule has 1 amide bonds. The molecule has 0 aliphatic heterocycles. The Labute approximate surface area is 137 Å². The van der Waals surface area contributed by atoms with Crippen molar-refractivity contribution in [2.75, 3.05) is 26.5 Å². The molecule has 0 saturated carbocycles. The zero-order valence-electron chi connectivity index (χ0n) is 14.4. The van der Waals surface area contributed by atoms with Gasteiger partial charge in [0.1, 0.15) is 6.04 Å².